The molecule has 35 heavy (non-hydrogen) atoms. The Balaban J connectivity index is 1.61. The van der Waals surface area contributed by atoms with Crippen LogP contribution >= 0.6 is 0 Å². The molecule has 0 atom stereocenters. The molecule has 5 nitrogen and oxygen atoms in total. The summed E-state index contributed by atoms with van der Waals surface area (Å²) < 4.78 is 2.13. The van der Waals surface area contributed by atoms with Gasteiger partial charge in [0.25, 0.3) is 0 Å². The highest BCUT2D eigenvalue weighted by molar-refractivity contribution is 6.13. The third kappa shape index (κ3) is 4.75. The summed E-state index contributed by atoms with van der Waals surface area (Å²) in [6, 6.07) is 36.7. The minimum absolute atomic E-state index is 0.554. The van der Waals surface area contributed by atoms with E-state index in [1.807, 2.05) is 93.0 Å². The summed E-state index contributed by atoms with van der Waals surface area (Å²) in [5.74, 6) is 2.31. The maximum Gasteiger partial charge on any atom is 0.157 e. The molecule has 0 saturated heterocycles. The van der Waals surface area contributed by atoms with Crippen molar-refractivity contribution in [3.8, 4) is 11.4 Å². The van der Waals surface area contributed by atoms with Gasteiger partial charge in [0.05, 0.1) is 17.6 Å². The van der Waals surface area contributed by atoms with Crippen molar-refractivity contribution in [3.63, 3.8) is 0 Å². The van der Waals surface area contributed by atoms with Crippen LogP contribution in [0.1, 0.15) is 16.7 Å². The largest absolute Gasteiger partial charge is 0.373 e. The van der Waals surface area contributed by atoms with Gasteiger partial charge in [0, 0.05) is 30.8 Å². The Kier molecular flexibility index (Phi) is 6.48. The zero-order valence-corrected chi connectivity index (χ0v) is 19.9. The molecule has 0 bridgehead atoms. The summed E-state index contributed by atoms with van der Waals surface area (Å²) in [5, 5.41) is 3.31. The lowest BCUT2D eigenvalue weighted by Crippen LogP contribution is -2.22. The van der Waals surface area contributed by atoms with Crippen LogP contribution in [0.15, 0.2) is 119 Å². The summed E-state index contributed by atoms with van der Waals surface area (Å²) in [7, 11) is 3.94. The number of rotatable bonds is 5. The second kappa shape index (κ2) is 10.2. The van der Waals surface area contributed by atoms with Crippen LogP contribution in [0.4, 0.5) is 0 Å². The van der Waals surface area contributed by atoms with Crippen LogP contribution in [-0.2, 0) is 13.6 Å². The number of aliphatic imine (C=N–C) groups is 2. The van der Waals surface area contributed by atoms with Crippen molar-refractivity contribution in [1.82, 2.24) is 14.9 Å². The number of amidine groups is 2. The number of fused-ring (bicyclic) bond motifs is 1. The fourth-order valence-corrected chi connectivity index (χ4v) is 4.16. The lowest BCUT2D eigenvalue weighted by atomic mass is 10.1. The summed E-state index contributed by atoms with van der Waals surface area (Å²) in [5.41, 5.74) is 6.15. The van der Waals surface area contributed by atoms with E-state index in [9.17, 15) is 0 Å². The number of para-hydroxylation sites is 2. The van der Waals surface area contributed by atoms with E-state index in [4.69, 9.17) is 15.0 Å². The van der Waals surface area contributed by atoms with E-state index in [2.05, 4.69) is 40.2 Å². The van der Waals surface area contributed by atoms with Crippen LogP contribution in [0.3, 0.4) is 0 Å². The summed E-state index contributed by atoms with van der Waals surface area (Å²) in [6.45, 7) is 0.554. The Morgan fingerprint density at radius 2 is 1.46 bits per heavy atom. The standard InChI is InChI=1S/C30H27N5/c1-31-29(34-28(23-15-7-4-8-16-23)32-21-22-13-5-3-6-14-22)24-17-9-10-18-25(24)30-33-26-19-11-12-20-27(26)35(30)2/h3-20H,21H2,1-2H3,(H,31,32,34). The van der Waals surface area contributed by atoms with Crippen LogP contribution in [0.5, 0.6) is 0 Å². The Morgan fingerprint density at radius 1 is 0.800 bits per heavy atom. The van der Waals surface area contributed by atoms with Gasteiger partial charge in [-0.1, -0.05) is 97.1 Å². The van der Waals surface area contributed by atoms with Gasteiger partial charge in [-0.05, 0) is 17.7 Å². The molecule has 0 saturated carbocycles. The number of imidazole rings is 1. The second-order valence-corrected chi connectivity index (χ2v) is 8.23. The average molecular weight is 458 g/mol. The lowest BCUT2D eigenvalue weighted by molar-refractivity contribution is 0.958. The minimum Gasteiger partial charge on any atom is -0.373 e. The molecule has 1 heterocycles. The molecular formula is C30H27N5. The quantitative estimate of drug-likeness (QED) is 0.266. The maximum atomic E-state index is 5.04. The summed E-state index contributed by atoms with van der Waals surface area (Å²) in [6.07, 6.45) is 0. The summed E-state index contributed by atoms with van der Waals surface area (Å²) >= 11 is 0. The van der Waals surface area contributed by atoms with Gasteiger partial charge in [-0.2, -0.15) is 0 Å². The molecule has 0 unspecified atom stereocenters. The minimum atomic E-state index is 0.554. The number of benzene rings is 4. The molecule has 5 rings (SSSR count). The maximum absolute atomic E-state index is 5.04. The van der Waals surface area contributed by atoms with E-state index < -0.39 is 0 Å². The van der Waals surface area contributed by atoms with E-state index in [0.717, 1.165) is 44.9 Å². The molecule has 0 aliphatic carbocycles. The zero-order chi connectivity index (χ0) is 24.0. The van der Waals surface area contributed by atoms with Crippen LogP contribution in [0.2, 0.25) is 0 Å². The van der Waals surface area contributed by atoms with Crippen molar-refractivity contribution in [1.29, 1.82) is 0 Å². The van der Waals surface area contributed by atoms with Crippen molar-refractivity contribution in [2.24, 2.45) is 17.0 Å². The molecule has 172 valence electrons. The van der Waals surface area contributed by atoms with Crippen LogP contribution in [-0.4, -0.2) is 28.3 Å². The first-order valence-electron chi connectivity index (χ1n) is 11.7. The molecule has 1 aromatic heterocycles. The topological polar surface area (TPSA) is 54.6 Å². The van der Waals surface area contributed by atoms with E-state index in [0.29, 0.717) is 12.4 Å². The van der Waals surface area contributed by atoms with E-state index >= 15 is 0 Å². The highest BCUT2D eigenvalue weighted by atomic mass is 15.1. The van der Waals surface area contributed by atoms with Gasteiger partial charge < -0.3 is 9.88 Å². The summed E-state index contributed by atoms with van der Waals surface area (Å²) in [4.78, 5) is 14.9. The predicted octanol–water partition coefficient (Wildman–Crippen LogP) is 5.85. The van der Waals surface area contributed by atoms with Crippen molar-refractivity contribution in [2.45, 2.75) is 6.54 Å². The van der Waals surface area contributed by atoms with Gasteiger partial charge in [0.2, 0.25) is 0 Å². The molecule has 0 radical (unpaired) electrons. The normalized spacial score (nSPS) is 12.2. The Morgan fingerprint density at radius 3 is 2.20 bits per heavy atom. The smallest absolute Gasteiger partial charge is 0.157 e. The van der Waals surface area contributed by atoms with E-state index in [1.165, 1.54) is 0 Å². The molecule has 0 aliphatic rings. The van der Waals surface area contributed by atoms with Gasteiger partial charge in [-0.15, -0.1) is 0 Å². The first-order valence-corrected chi connectivity index (χ1v) is 11.7. The van der Waals surface area contributed by atoms with Gasteiger partial charge in [0.1, 0.15) is 11.7 Å². The number of nitrogens with zero attached hydrogens (tertiary/aromatic N) is 4. The van der Waals surface area contributed by atoms with Crippen molar-refractivity contribution < 1.29 is 0 Å². The van der Waals surface area contributed by atoms with Gasteiger partial charge in [-0.25, -0.2) is 9.98 Å². The number of hydrogen-bond donors (Lipinski definition) is 1. The SMILES string of the molecule is CN/C(=N\C(=N/Cc1ccccc1)c1ccccc1)c1ccccc1-c1nc2ccccc2n1C. The molecule has 0 aliphatic heterocycles. The first kappa shape index (κ1) is 22.3. The first-order chi connectivity index (χ1) is 17.2. The molecule has 5 heteroatoms. The average Bonchev–Trinajstić information content (AvgIpc) is 3.26. The molecule has 4 aromatic carbocycles. The third-order valence-corrected chi connectivity index (χ3v) is 5.95. The monoisotopic (exact) mass is 457 g/mol. The fourth-order valence-electron chi connectivity index (χ4n) is 4.16. The predicted molar refractivity (Wildman–Crippen MR) is 145 cm³/mol. The highest BCUT2D eigenvalue weighted by Crippen LogP contribution is 2.27. The highest BCUT2D eigenvalue weighted by Gasteiger charge is 2.16. The number of aromatic nitrogens is 2. The second-order valence-electron chi connectivity index (χ2n) is 8.23. The fraction of sp³-hybridized carbons (Fsp3) is 0.100. The zero-order valence-electron chi connectivity index (χ0n) is 19.9. The van der Waals surface area contributed by atoms with Gasteiger partial charge in [-0.3, -0.25) is 4.99 Å². The van der Waals surface area contributed by atoms with Crippen LogP contribution in [0, 0.1) is 0 Å². The van der Waals surface area contributed by atoms with Crippen molar-refractivity contribution in [3.05, 3.63) is 126 Å². The van der Waals surface area contributed by atoms with Gasteiger partial charge >= 0.3 is 0 Å². The van der Waals surface area contributed by atoms with Gasteiger partial charge in [0.15, 0.2) is 5.84 Å². The number of aryl methyl sites for hydroxylation is 1. The molecule has 0 amide bonds. The lowest BCUT2D eigenvalue weighted by Gasteiger charge is -2.13. The molecule has 5 aromatic rings. The van der Waals surface area contributed by atoms with Crippen molar-refractivity contribution in [2.75, 3.05) is 7.05 Å². The third-order valence-electron chi connectivity index (χ3n) is 5.95. The van der Waals surface area contributed by atoms with E-state index in [1.54, 1.807) is 0 Å². The number of hydrogen-bond acceptors (Lipinski definition) is 2. The Labute approximate surface area is 205 Å². The Bertz CT molecular complexity index is 1500. The molecule has 0 spiro atoms. The van der Waals surface area contributed by atoms with Crippen LogP contribution in [0.25, 0.3) is 22.4 Å². The number of nitrogens with one attached hydrogen (secondary N) is 1. The molecule has 0 fully saturated rings. The van der Waals surface area contributed by atoms with Crippen LogP contribution < -0.4 is 5.32 Å². The Hall–Kier alpha value is -4.51. The van der Waals surface area contributed by atoms with Crippen molar-refractivity contribution >= 4 is 22.7 Å². The molecular weight excluding hydrogens is 430 g/mol. The van der Waals surface area contributed by atoms with E-state index in [-0.39, 0.29) is 0 Å². The molecule has 1 N–H and O–H groups in total.